The number of rotatable bonds is 4. The second kappa shape index (κ2) is 6.39. The van der Waals surface area contributed by atoms with Crippen molar-refractivity contribution in [3.05, 3.63) is 28.2 Å². The molecule has 0 spiro atoms. The molecule has 0 heterocycles. The van der Waals surface area contributed by atoms with Gasteiger partial charge in [0.25, 0.3) is 0 Å². The fraction of sp³-hybridized carbons (Fsp3) is 0.333. The second-order valence-electron chi connectivity index (χ2n) is 4.26. The Morgan fingerprint density at radius 3 is 2.56 bits per heavy atom. The van der Waals surface area contributed by atoms with Gasteiger partial charge < -0.3 is 15.7 Å². The van der Waals surface area contributed by atoms with Crippen LogP contribution in [0.25, 0.3) is 0 Å². The number of aromatic carboxylic acids is 1. The molecular formula is C12H15BrN2O3. The van der Waals surface area contributed by atoms with Crippen LogP contribution in [0.3, 0.4) is 0 Å². The van der Waals surface area contributed by atoms with E-state index in [0.29, 0.717) is 22.6 Å². The summed E-state index contributed by atoms with van der Waals surface area (Å²) in [4.78, 5) is 22.4. The zero-order valence-corrected chi connectivity index (χ0v) is 11.7. The third-order valence-electron chi connectivity index (χ3n) is 2.07. The van der Waals surface area contributed by atoms with Gasteiger partial charge in [0.2, 0.25) is 0 Å². The molecule has 0 saturated heterocycles. The van der Waals surface area contributed by atoms with E-state index < -0.39 is 5.97 Å². The molecule has 0 aliphatic heterocycles. The van der Waals surface area contributed by atoms with E-state index in [9.17, 15) is 9.59 Å². The summed E-state index contributed by atoms with van der Waals surface area (Å²) >= 11 is 3.20. The molecule has 3 N–H and O–H groups in total. The van der Waals surface area contributed by atoms with Crippen LogP contribution in [0, 0.1) is 5.92 Å². The summed E-state index contributed by atoms with van der Waals surface area (Å²) < 4.78 is 0.599. The van der Waals surface area contributed by atoms with Gasteiger partial charge in [-0.25, -0.2) is 9.59 Å². The highest BCUT2D eigenvalue weighted by atomic mass is 79.9. The minimum atomic E-state index is -1.04. The molecule has 1 aromatic rings. The molecule has 0 radical (unpaired) electrons. The minimum absolute atomic E-state index is 0.114. The molecule has 0 aromatic heterocycles. The third kappa shape index (κ3) is 4.75. The lowest BCUT2D eigenvalue weighted by Crippen LogP contribution is -2.31. The van der Waals surface area contributed by atoms with E-state index >= 15 is 0 Å². The zero-order chi connectivity index (χ0) is 13.7. The second-order valence-corrected chi connectivity index (χ2v) is 5.18. The van der Waals surface area contributed by atoms with E-state index in [1.165, 1.54) is 12.1 Å². The van der Waals surface area contributed by atoms with Crippen molar-refractivity contribution in [2.75, 3.05) is 11.9 Å². The largest absolute Gasteiger partial charge is 0.478 e. The summed E-state index contributed by atoms with van der Waals surface area (Å²) in [5.74, 6) is -0.685. The minimum Gasteiger partial charge on any atom is -0.478 e. The summed E-state index contributed by atoms with van der Waals surface area (Å²) in [5.41, 5.74) is 0.548. The molecule has 0 saturated carbocycles. The molecule has 0 bridgehead atoms. The molecule has 98 valence electrons. The van der Waals surface area contributed by atoms with Crippen molar-refractivity contribution in [2.45, 2.75) is 13.8 Å². The number of halogens is 1. The standard InChI is InChI=1S/C12H15BrN2O3/c1-7(2)6-14-12(18)15-10-4-8(11(16)17)3-9(13)5-10/h3-5,7H,6H2,1-2H3,(H,16,17)(H2,14,15,18). The maximum atomic E-state index is 11.5. The molecule has 5 nitrogen and oxygen atoms in total. The van der Waals surface area contributed by atoms with Crippen molar-refractivity contribution in [3.8, 4) is 0 Å². The average Bonchev–Trinajstić information content (AvgIpc) is 2.25. The van der Waals surface area contributed by atoms with E-state index in [2.05, 4.69) is 26.6 Å². The molecule has 0 fully saturated rings. The molecule has 1 aromatic carbocycles. The maximum Gasteiger partial charge on any atom is 0.335 e. The van der Waals surface area contributed by atoms with Gasteiger partial charge in [-0.05, 0) is 24.1 Å². The van der Waals surface area contributed by atoms with Crippen LogP contribution in [0.5, 0.6) is 0 Å². The first kappa shape index (κ1) is 14.5. The maximum absolute atomic E-state index is 11.5. The predicted octanol–water partition coefficient (Wildman–Crippen LogP) is 2.92. The molecule has 6 heteroatoms. The van der Waals surface area contributed by atoms with Gasteiger partial charge in [-0.2, -0.15) is 0 Å². The van der Waals surface area contributed by atoms with Crippen LogP contribution in [-0.2, 0) is 0 Å². The lowest BCUT2D eigenvalue weighted by atomic mass is 10.2. The first-order valence-electron chi connectivity index (χ1n) is 5.47. The van der Waals surface area contributed by atoms with E-state index in [-0.39, 0.29) is 11.6 Å². The van der Waals surface area contributed by atoms with E-state index in [1.807, 2.05) is 13.8 Å². The van der Waals surface area contributed by atoms with Crippen LogP contribution in [0.15, 0.2) is 22.7 Å². The number of carboxylic acid groups (broad SMARTS) is 1. The first-order valence-corrected chi connectivity index (χ1v) is 6.26. The number of hydrogen-bond donors (Lipinski definition) is 3. The van der Waals surface area contributed by atoms with Gasteiger partial charge in [0.1, 0.15) is 0 Å². The van der Waals surface area contributed by atoms with Crippen LogP contribution >= 0.6 is 15.9 Å². The smallest absolute Gasteiger partial charge is 0.335 e. The summed E-state index contributed by atoms with van der Waals surface area (Å²) in [6, 6.07) is 4.17. The van der Waals surface area contributed by atoms with E-state index in [4.69, 9.17) is 5.11 Å². The van der Waals surface area contributed by atoms with Crippen molar-refractivity contribution in [3.63, 3.8) is 0 Å². The Bertz CT molecular complexity index is 461. The summed E-state index contributed by atoms with van der Waals surface area (Å²) in [6.07, 6.45) is 0. The lowest BCUT2D eigenvalue weighted by Gasteiger charge is -2.10. The number of anilines is 1. The van der Waals surface area contributed by atoms with Gasteiger partial charge in [0.05, 0.1) is 5.56 Å². The predicted molar refractivity (Wildman–Crippen MR) is 73.0 cm³/mol. The Hall–Kier alpha value is -1.56. The summed E-state index contributed by atoms with van der Waals surface area (Å²) in [5, 5.41) is 14.2. The normalized spacial score (nSPS) is 10.2. The summed E-state index contributed by atoms with van der Waals surface area (Å²) in [6.45, 7) is 4.54. The molecule has 0 aliphatic rings. The average molecular weight is 315 g/mol. The van der Waals surface area contributed by atoms with Crippen molar-refractivity contribution in [2.24, 2.45) is 5.92 Å². The number of carboxylic acids is 1. The number of amides is 2. The highest BCUT2D eigenvalue weighted by molar-refractivity contribution is 9.10. The van der Waals surface area contributed by atoms with Crippen LogP contribution in [-0.4, -0.2) is 23.7 Å². The fourth-order valence-corrected chi connectivity index (χ4v) is 1.75. The van der Waals surface area contributed by atoms with Gasteiger partial charge in [-0.15, -0.1) is 0 Å². The molecule has 0 unspecified atom stereocenters. The fourth-order valence-electron chi connectivity index (χ4n) is 1.26. The number of nitrogens with one attached hydrogen (secondary N) is 2. The van der Waals surface area contributed by atoms with Crippen LogP contribution < -0.4 is 10.6 Å². The van der Waals surface area contributed by atoms with Crippen molar-refractivity contribution < 1.29 is 14.7 Å². The number of urea groups is 1. The Morgan fingerprint density at radius 1 is 1.33 bits per heavy atom. The van der Waals surface area contributed by atoms with Crippen molar-refractivity contribution >= 4 is 33.6 Å². The molecule has 1 rings (SSSR count). The van der Waals surface area contributed by atoms with E-state index in [0.717, 1.165) is 0 Å². The molecule has 2 amide bonds. The van der Waals surface area contributed by atoms with Gasteiger partial charge >= 0.3 is 12.0 Å². The topological polar surface area (TPSA) is 78.4 Å². The van der Waals surface area contributed by atoms with Gasteiger partial charge in [-0.3, -0.25) is 0 Å². The highest BCUT2D eigenvalue weighted by Crippen LogP contribution is 2.19. The Morgan fingerprint density at radius 2 is 2.00 bits per heavy atom. The Balaban J connectivity index is 2.72. The number of benzene rings is 1. The van der Waals surface area contributed by atoms with E-state index in [1.54, 1.807) is 6.07 Å². The van der Waals surface area contributed by atoms with Crippen LogP contribution in [0.1, 0.15) is 24.2 Å². The zero-order valence-electron chi connectivity index (χ0n) is 10.2. The molecular weight excluding hydrogens is 300 g/mol. The number of hydrogen-bond acceptors (Lipinski definition) is 2. The monoisotopic (exact) mass is 314 g/mol. The SMILES string of the molecule is CC(C)CNC(=O)Nc1cc(Br)cc(C(=O)O)c1. The number of carbonyl (C=O) groups is 2. The van der Waals surface area contributed by atoms with Crippen LogP contribution in [0.4, 0.5) is 10.5 Å². The van der Waals surface area contributed by atoms with Gasteiger partial charge in [0.15, 0.2) is 0 Å². The summed E-state index contributed by atoms with van der Waals surface area (Å²) in [7, 11) is 0. The third-order valence-corrected chi connectivity index (χ3v) is 2.53. The number of carbonyl (C=O) groups excluding carboxylic acids is 1. The Kier molecular flexibility index (Phi) is 5.15. The van der Waals surface area contributed by atoms with Gasteiger partial charge in [-0.1, -0.05) is 29.8 Å². The molecule has 0 aliphatic carbocycles. The molecule has 18 heavy (non-hydrogen) atoms. The quantitative estimate of drug-likeness (QED) is 0.799. The molecule has 0 atom stereocenters. The highest BCUT2D eigenvalue weighted by Gasteiger charge is 2.08. The van der Waals surface area contributed by atoms with Crippen molar-refractivity contribution in [1.82, 2.24) is 5.32 Å². The first-order chi connectivity index (χ1) is 8.38. The van der Waals surface area contributed by atoms with Gasteiger partial charge in [0, 0.05) is 16.7 Å². The Labute approximate surface area is 114 Å². The lowest BCUT2D eigenvalue weighted by molar-refractivity contribution is 0.0697. The van der Waals surface area contributed by atoms with Crippen LogP contribution in [0.2, 0.25) is 0 Å². The van der Waals surface area contributed by atoms with Crippen molar-refractivity contribution in [1.29, 1.82) is 0 Å².